The molecule has 0 aliphatic rings. The van der Waals surface area contributed by atoms with E-state index in [-0.39, 0.29) is 17.8 Å². The van der Waals surface area contributed by atoms with Gasteiger partial charge in [-0.2, -0.15) is 0 Å². The number of aryl methyl sites for hydroxylation is 1. The van der Waals surface area contributed by atoms with Crippen molar-refractivity contribution in [2.24, 2.45) is 0 Å². The first-order valence-electron chi connectivity index (χ1n) is 6.57. The Morgan fingerprint density at radius 3 is 2.75 bits per heavy atom. The van der Waals surface area contributed by atoms with Crippen molar-refractivity contribution in [2.75, 3.05) is 0 Å². The van der Waals surface area contributed by atoms with Gasteiger partial charge in [0.15, 0.2) is 0 Å². The van der Waals surface area contributed by atoms with Crippen LogP contribution in [-0.2, 0) is 6.42 Å². The summed E-state index contributed by atoms with van der Waals surface area (Å²) in [6, 6.07) is 7.74. The SMILES string of the molecule is CCCc1nc(C(=O)NC(C)c2ccc(Br)cc2)n[nH]1. The molecule has 20 heavy (non-hydrogen) atoms. The highest BCUT2D eigenvalue weighted by molar-refractivity contribution is 9.10. The quantitative estimate of drug-likeness (QED) is 0.881. The van der Waals surface area contributed by atoms with E-state index >= 15 is 0 Å². The standard InChI is InChI=1S/C14H17BrN4O/c1-3-4-12-17-13(19-18-12)14(20)16-9(2)10-5-7-11(15)8-6-10/h5-9H,3-4H2,1-2H3,(H,16,20)(H,17,18,19). The van der Waals surface area contributed by atoms with Gasteiger partial charge < -0.3 is 5.32 Å². The number of rotatable bonds is 5. The average molecular weight is 337 g/mol. The summed E-state index contributed by atoms with van der Waals surface area (Å²) in [4.78, 5) is 16.2. The maximum Gasteiger partial charge on any atom is 0.291 e. The van der Waals surface area contributed by atoms with Gasteiger partial charge in [-0.05, 0) is 31.0 Å². The van der Waals surface area contributed by atoms with Crippen molar-refractivity contribution >= 4 is 21.8 Å². The molecular formula is C14H17BrN4O. The summed E-state index contributed by atoms with van der Waals surface area (Å²) in [6.45, 7) is 3.98. The maximum atomic E-state index is 12.0. The molecule has 5 nitrogen and oxygen atoms in total. The highest BCUT2D eigenvalue weighted by Crippen LogP contribution is 2.16. The number of carbonyl (C=O) groups excluding carboxylic acids is 1. The lowest BCUT2D eigenvalue weighted by atomic mass is 10.1. The Morgan fingerprint density at radius 2 is 2.10 bits per heavy atom. The summed E-state index contributed by atoms with van der Waals surface area (Å²) in [7, 11) is 0. The fraction of sp³-hybridized carbons (Fsp3) is 0.357. The molecule has 1 aromatic heterocycles. The van der Waals surface area contributed by atoms with Crippen LogP contribution in [0, 0.1) is 0 Å². The Labute approximate surface area is 126 Å². The van der Waals surface area contributed by atoms with Gasteiger partial charge in [0.25, 0.3) is 5.91 Å². The number of aromatic nitrogens is 3. The minimum atomic E-state index is -0.265. The predicted molar refractivity (Wildman–Crippen MR) is 80.4 cm³/mol. The van der Waals surface area contributed by atoms with E-state index in [1.807, 2.05) is 31.2 Å². The molecule has 0 radical (unpaired) electrons. The van der Waals surface area contributed by atoms with Crippen molar-refractivity contribution in [3.8, 4) is 0 Å². The Kier molecular flexibility index (Phi) is 4.89. The van der Waals surface area contributed by atoms with E-state index in [4.69, 9.17) is 0 Å². The number of aromatic amines is 1. The Balaban J connectivity index is 2.01. The normalized spacial score (nSPS) is 12.2. The molecule has 0 bridgehead atoms. The van der Waals surface area contributed by atoms with Gasteiger partial charge in [-0.15, -0.1) is 5.10 Å². The predicted octanol–water partition coefficient (Wildman–Crippen LogP) is 3.01. The topological polar surface area (TPSA) is 70.7 Å². The first-order valence-corrected chi connectivity index (χ1v) is 7.37. The van der Waals surface area contributed by atoms with E-state index in [2.05, 4.69) is 43.4 Å². The van der Waals surface area contributed by atoms with Gasteiger partial charge in [-0.1, -0.05) is 35.0 Å². The van der Waals surface area contributed by atoms with E-state index in [1.165, 1.54) is 0 Å². The Bertz CT molecular complexity index is 579. The first-order chi connectivity index (χ1) is 9.60. The Morgan fingerprint density at radius 1 is 1.40 bits per heavy atom. The van der Waals surface area contributed by atoms with Crippen molar-refractivity contribution in [1.82, 2.24) is 20.5 Å². The van der Waals surface area contributed by atoms with Crippen LogP contribution >= 0.6 is 15.9 Å². The second kappa shape index (κ2) is 6.65. The summed E-state index contributed by atoms with van der Waals surface area (Å²) in [6.07, 6.45) is 1.76. The molecule has 2 aromatic rings. The average Bonchev–Trinajstić information content (AvgIpc) is 2.88. The van der Waals surface area contributed by atoms with Crippen LogP contribution in [-0.4, -0.2) is 21.1 Å². The molecular weight excluding hydrogens is 320 g/mol. The minimum absolute atomic E-state index is 0.0938. The zero-order valence-corrected chi connectivity index (χ0v) is 13.1. The molecule has 1 amide bonds. The second-order valence-corrected chi connectivity index (χ2v) is 5.52. The molecule has 2 rings (SSSR count). The molecule has 0 saturated heterocycles. The summed E-state index contributed by atoms with van der Waals surface area (Å²) in [5.41, 5.74) is 1.03. The molecule has 1 heterocycles. The number of benzene rings is 1. The first kappa shape index (κ1) is 14.7. The van der Waals surface area contributed by atoms with Gasteiger partial charge in [0.1, 0.15) is 5.82 Å². The van der Waals surface area contributed by atoms with Gasteiger partial charge in [-0.25, -0.2) is 4.98 Å². The van der Waals surface area contributed by atoms with Crippen LogP contribution in [0.4, 0.5) is 0 Å². The van der Waals surface area contributed by atoms with Crippen LogP contribution < -0.4 is 5.32 Å². The lowest BCUT2D eigenvalue weighted by Crippen LogP contribution is -2.27. The van der Waals surface area contributed by atoms with Crippen molar-refractivity contribution in [2.45, 2.75) is 32.7 Å². The number of nitrogens with one attached hydrogen (secondary N) is 2. The van der Waals surface area contributed by atoms with Crippen LogP contribution in [0.15, 0.2) is 28.7 Å². The summed E-state index contributed by atoms with van der Waals surface area (Å²) in [5, 5.41) is 9.61. The zero-order valence-electron chi connectivity index (χ0n) is 11.5. The zero-order chi connectivity index (χ0) is 14.5. The number of hydrogen-bond donors (Lipinski definition) is 2. The van der Waals surface area contributed by atoms with E-state index in [1.54, 1.807) is 0 Å². The maximum absolute atomic E-state index is 12.0. The molecule has 6 heteroatoms. The molecule has 0 saturated carbocycles. The fourth-order valence-electron chi connectivity index (χ4n) is 1.84. The third-order valence-electron chi connectivity index (χ3n) is 2.94. The van der Waals surface area contributed by atoms with Crippen molar-refractivity contribution in [3.05, 3.63) is 46.0 Å². The minimum Gasteiger partial charge on any atom is -0.343 e. The monoisotopic (exact) mass is 336 g/mol. The summed E-state index contributed by atoms with van der Waals surface area (Å²) in [5.74, 6) is 0.672. The van der Waals surface area contributed by atoms with E-state index in [9.17, 15) is 4.79 Å². The van der Waals surface area contributed by atoms with Gasteiger partial charge >= 0.3 is 0 Å². The van der Waals surface area contributed by atoms with Crippen molar-refractivity contribution < 1.29 is 4.79 Å². The highest BCUT2D eigenvalue weighted by atomic mass is 79.9. The molecule has 0 aliphatic heterocycles. The summed E-state index contributed by atoms with van der Waals surface area (Å²) >= 11 is 3.39. The van der Waals surface area contributed by atoms with Gasteiger partial charge in [0.05, 0.1) is 6.04 Å². The largest absolute Gasteiger partial charge is 0.343 e. The second-order valence-electron chi connectivity index (χ2n) is 4.60. The van der Waals surface area contributed by atoms with Crippen molar-refractivity contribution in [1.29, 1.82) is 0 Å². The van der Waals surface area contributed by atoms with E-state index < -0.39 is 0 Å². The molecule has 0 aliphatic carbocycles. The smallest absolute Gasteiger partial charge is 0.291 e. The highest BCUT2D eigenvalue weighted by Gasteiger charge is 2.15. The van der Waals surface area contributed by atoms with Gasteiger partial charge in [0, 0.05) is 10.9 Å². The van der Waals surface area contributed by atoms with Crippen LogP contribution in [0.25, 0.3) is 0 Å². The van der Waals surface area contributed by atoms with Gasteiger partial charge in [-0.3, -0.25) is 9.89 Å². The van der Waals surface area contributed by atoms with Crippen molar-refractivity contribution in [3.63, 3.8) is 0 Å². The molecule has 0 spiro atoms. The third kappa shape index (κ3) is 3.66. The molecule has 1 unspecified atom stereocenters. The summed E-state index contributed by atoms with van der Waals surface area (Å²) < 4.78 is 1.01. The number of halogens is 1. The molecule has 2 N–H and O–H groups in total. The van der Waals surface area contributed by atoms with Crippen LogP contribution in [0.3, 0.4) is 0 Å². The lowest BCUT2D eigenvalue weighted by molar-refractivity contribution is 0.0929. The fourth-order valence-corrected chi connectivity index (χ4v) is 2.11. The number of H-pyrrole nitrogens is 1. The number of carbonyl (C=O) groups is 1. The third-order valence-corrected chi connectivity index (χ3v) is 3.47. The Hall–Kier alpha value is -1.69. The number of hydrogen-bond acceptors (Lipinski definition) is 3. The molecule has 0 fully saturated rings. The lowest BCUT2D eigenvalue weighted by Gasteiger charge is -2.12. The van der Waals surface area contributed by atoms with E-state index in [0.29, 0.717) is 0 Å². The molecule has 1 atom stereocenters. The molecule has 1 aromatic carbocycles. The van der Waals surface area contributed by atoms with Crippen LogP contribution in [0.5, 0.6) is 0 Å². The van der Waals surface area contributed by atoms with Gasteiger partial charge in [0.2, 0.25) is 5.82 Å². The van der Waals surface area contributed by atoms with Crippen LogP contribution in [0.1, 0.15) is 48.3 Å². The molecule has 106 valence electrons. The number of amides is 1. The number of nitrogens with zero attached hydrogens (tertiary/aromatic N) is 2. The van der Waals surface area contributed by atoms with Crippen LogP contribution in [0.2, 0.25) is 0 Å². The van der Waals surface area contributed by atoms with E-state index in [0.717, 1.165) is 28.7 Å².